The van der Waals surface area contributed by atoms with Gasteiger partial charge >= 0.3 is 0 Å². The fourth-order valence-electron chi connectivity index (χ4n) is 2.35. The molecule has 7 nitrogen and oxygen atoms in total. The Labute approximate surface area is 143 Å². The van der Waals surface area contributed by atoms with Crippen LogP contribution in [0.15, 0.2) is 0 Å². The van der Waals surface area contributed by atoms with Crippen LogP contribution in [-0.4, -0.2) is 87.2 Å². The Hall–Kier alpha value is -0.600. The van der Waals surface area contributed by atoms with E-state index in [0.717, 1.165) is 32.7 Å². The maximum Gasteiger partial charge on any atom is 0.250 e. The first-order valence-corrected chi connectivity index (χ1v) is 7.23. The highest BCUT2D eigenvalue weighted by molar-refractivity contribution is 5.85. The summed E-state index contributed by atoms with van der Waals surface area (Å²) in [5.74, 6) is -0.0236. The van der Waals surface area contributed by atoms with Crippen LogP contribution in [0, 0.1) is 0 Å². The minimum absolute atomic E-state index is 0. The number of halogens is 2. The fraction of sp³-hybridized carbons (Fsp3) is 0.846. The van der Waals surface area contributed by atoms with Gasteiger partial charge in [0.25, 0.3) is 0 Å². The topological polar surface area (TPSA) is 73.9 Å². The van der Waals surface area contributed by atoms with Gasteiger partial charge in [-0.1, -0.05) is 0 Å². The van der Waals surface area contributed by atoms with Crippen LogP contribution < -0.4 is 10.6 Å². The second-order valence-corrected chi connectivity index (χ2v) is 5.29. The van der Waals surface area contributed by atoms with Crippen LogP contribution in [0.5, 0.6) is 0 Å². The lowest BCUT2D eigenvalue weighted by Crippen LogP contribution is -2.49. The highest BCUT2D eigenvalue weighted by Gasteiger charge is 2.22. The number of piperazine rings is 1. The van der Waals surface area contributed by atoms with Gasteiger partial charge in [-0.05, 0) is 7.05 Å². The first-order chi connectivity index (χ1) is 9.66. The Morgan fingerprint density at radius 2 is 1.91 bits per heavy atom. The van der Waals surface area contributed by atoms with E-state index in [1.807, 2.05) is 4.90 Å². The van der Waals surface area contributed by atoms with Gasteiger partial charge in [0.05, 0.1) is 6.61 Å². The van der Waals surface area contributed by atoms with E-state index in [-0.39, 0.29) is 36.6 Å². The molecular formula is C13H26Cl2N4O3. The number of ether oxygens (including phenoxy) is 1. The molecule has 2 aliphatic rings. The molecule has 22 heavy (non-hydrogen) atoms. The van der Waals surface area contributed by atoms with E-state index in [4.69, 9.17) is 4.74 Å². The summed E-state index contributed by atoms with van der Waals surface area (Å²) in [4.78, 5) is 27.8. The normalized spacial score (nSPS) is 22.2. The molecule has 2 amide bonds. The molecule has 0 spiro atoms. The van der Waals surface area contributed by atoms with Crippen molar-refractivity contribution in [3.63, 3.8) is 0 Å². The molecule has 130 valence electrons. The summed E-state index contributed by atoms with van der Waals surface area (Å²) in [5.41, 5.74) is 0. The van der Waals surface area contributed by atoms with Crippen LogP contribution in [0.4, 0.5) is 0 Å². The largest absolute Gasteiger partial charge is 0.366 e. The first-order valence-electron chi connectivity index (χ1n) is 7.23. The van der Waals surface area contributed by atoms with Gasteiger partial charge in [0.1, 0.15) is 6.10 Å². The number of morpholine rings is 1. The molecule has 1 atom stereocenters. The Balaban J connectivity index is 0.00000220. The SMILES string of the molecule is CN1CCN(C(=O)CCNC(=O)C2CNCCO2)CC1.Cl.Cl. The third-order valence-electron chi connectivity index (χ3n) is 3.71. The molecule has 0 radical (unpaired) electrons. The first kappa shape index (κ1) is 21.4. The third kappa shape index (κ3) is 6.66. The molecule has 0 saturated carbocycles. The van der Waals surface area contributed by atoms with Crippen LogP contribution >= 0.6 is 24.8 Å². The maximum absolute atomic E-state index is 12.0. The molecule has 2 aliphatic heterocycles. The number of hydrogen-bond acceptors (Lipinski definition) is 5. The van der Waals surface area contributed by atoms with E-state index in [0.29, 0.717) is 26.1 Å². The summed E-state index contributed by atoms with van der Waals surface area (Å²) in [5, 5.41) is 5.87. The number of hydrogen-bond donors (Lipinski definition) is 2. The lowest BCUT2D eigenvalue weighted by Gasteiger charge is -2.32. The quantitative estimate of drug-likeness (QED) is 0.682. The van der Waals surface area contributed by atoms with Gasteiger partial charge in [0.15, 0.2) is 0 Å². The molecule has 9 heteroatoms. The van der Waals surface area contributed by atoms with Crippen molar-refractivity contribution in [1.82, 2.24) is 20.4 Å². The van der Waals surface area contributed by atoms with E-state index in [1.165, 1.54) is 0 Å². The van der Waals surface area contributed by atoms with Crippen molar-refractivity contribution >= 4 is 36.6 Å². The van der Waals surface area contributed by atoms with E-state index in [1.54, 1.807) is 0 Å². The Morgan fingerprint density at radius 3 is 2.50 bits per heavy atom. The van der Waals surface area contributed by atoms with E-state index >= 15 is 0 Å². The average molecular weight is 357 g/mol. The summed E-state index contributed by atoms with van der Waals surface area (Å²) in [7, 11) is 2.06. The molecule has 2 heterocycles. The Bertz CT molecular complexity index is 346. The molecule has 0 aromatic heterocycles. The zero-order valence-corrected chi connectivity index (χ0v) is 14.5. The second kappa shape index (κ2) is 11.0. The molecule has 0 aromatic rings. The number of nitrogens with zero attached hydrogens (tertiary/aromatic N) is 2. The van der Waals surface area contributed by atoms with Crippen LogP contribution in [-0.2, 0) is 14.3 Å². The molecule has 2 saturated heterocycles. The molecule has 0 bridgehead atoms. The standard InChI is InChI=1S/C13H24N4O3.2ClH/c1-16-5-7-17(8-6-16)12(18)2-3-15-13(19)11-10-14-4-9-20-11;;/h11,14H,2-10H2,1H3,(H,15,19);2*1H. The van der Waals surface area contributed by atoms with Gasteiger partial charge < -0.3 is 25.2 Å². The van der Waals surface area contributed by atoms with Gasteiger partial charge in [-0.15, -0.1) is 24.8 Å². The van der Waals surface area contributed by atoms with E-state index in [9.17, 15) is 9.59 Å². The third-order valence-corrected chi connectivity index (χ3v) is 3.71. The minimum Gasteiger partial charge on any atom is -0.366 e. The summed E-state index contributed by atoms with van der Waals surface area (Å²) < 4.78 is 5.35. The summed E-state index contributed by atoms with van der Waals surface area (Å²) in [6, 6.07) is 0. The number of amides is 2. The van der Waals surface area contributed by atoms with Crippen molar-refractivity contribution in [2.24, 2.45) is 0 Å². The van der Waals surface area contributed by atoms with Crippen molar-refractivity contribution in [1.29, 1.82) is 0 Å². The summed E-state index contributed by atoms with van der Waals surface area (Å²) in [6.45, 7) is 5.64. The smallest absolute Gasteiger partial charge is 0.250 e. The highest BCUT2D eigenvalue weighted by Crippen LogP contribution is 2.02. The zero-order chi connectivity index (χ0) is 14.4. The average Bonchev–Trinajstić information content (AvgIpc) is 2.48. The van der Waals surface area contributed by atoms with Crippen LogP contribution in [0.2, 0.25) is 0 Å². The molecular weight excluding hydrogens is 331 g/mol. The Kier molecular flexibility index (Phi) is 10.7. The van der Waals surface area contributed by atoms with E-state index in [2.05, 4.69) is 22.6 Å². The number of nitrogens with one attached hydrogen (secondary N) is 2. The van der Waals surface area contributed by atoms with Gasteiger partial charge in [-0.3, -0.25) is 9.59 Å². The summed E-state index contributed by atoms with van der Waals surface area (Å²) in [6.07, 6.45) is -0.0715. The predicted octanol–water partition coefficient (Wildman–Crippen LogP) is -0.901. The molecule has 0 aliphatic carbocycles. The van der Waals surface area contributed by atoms with Gasteiger partial charge in [-0.25, -0.2) is 0 Å². The molecule has 1 unspecified atom stereocenters. The van der Waals surface area contributed by atoms with Gasteiger partial charge in [-0.2, -0.15) is 0 Å². The monoisotopic (exact) mass is 356 g/mol. The number of rotatable bonds is 4. The van der Waals surface area contributed by atoms with Crippen molar-refractivity contribution in [3.8, 4) is 0 Å². The zero-order valence-electron chi connectivity index (χ0n) is 12.9. The fourth-order valence-corrected chi connectivity index (χ4v) is 2.35. The van der Waals surface area contributed by atoms with Crippen LogP contribution in [0.3, 0.4) is 0 Å². The number of carbonyl (C=O) groups excluding carboxylic acids is 2. The van der Waals surface area contributed by atoms with Crippen molar-refractivity contribution in [2.75, 3.05) is 59.5 Å². The highest BCUT2D eigenvalue weighted by atomic mass is 35.5. The maximum atomic E-state index is 12.0. The molecule has 2 N–H and O–H groups in total. The second-order valence-electron chi connectivity index (χ2n) is 5.29. The predicted molar refractivity (Wildman–Crippen MR) is 88.8 cm³/mol. The van der Waals surface area contributed by atoms with Crippen molar-refractivity contribution < 1.29 is 14.3 Å². The lowest BCUT2D eigenvalue weighted by atomic mass is 10.2. The van der Waals surface area contributed by atoms with Gasteiger partial charge in [0.2, 0.25) is 11.8 Å². The summed E-state index contributed by atoms with van der Waals surface area (Å²) >= 11 is 0. The molecule has 2 rings (SSSR count). The van der Waals surface area contributed by atoms with Crippen LogP contribution in [0.1, 0.15) is 6.42 Å². The van der Waals surface area contributed by atoms with Gasteiger partial charge in [0, 0.05) is 52.2 Å². The van der Waals surface area contributed by atoms with Crippen molar-refractivity contribution in [3.05, 3.63) is 0 Å². The van der Waals surface area contributed by atoms with E-state index < -0.39 is 6.10 Å². The minimum atomic E-state index is -0.428. The Morgan fingerprint density at radius 1 is 1.23 bits per heavy atom. The number of carbonyl (C=O) groups is 2. The lowest BCUT2D eigenvalue weighted by molar-refractivity contribution is -0.135. The van der Waals surface area contributed by atoms with Crippen molar-refractivity contribution in [2.45, 2.75) is 12.5 Å². The molecule has 2 fully saturated rings. The number of likely N-dealkylation sites (N-methyl/N-ethyl adjacent to an activating group) is 1. The van der Waals surface area contributed by atoms with Crippen LogP contribution in [0.25, 0.3) is 0 Å². The molecule has 0 aromatic carbocycles.